The summed E-state index contributed by atoms with van der Waals surface area (Å²) in [5, 5.41) is 6.60. The van der Waals surface area contributed by atoms with Gasteiger partial charge < -0.3 is 15.4 Å². The van der Waals surface area contributed by atoms with Crippen molar-refractivity contribution < 1.29 is 9.53 Å². The maximum Gasteiger partial charge on any atom is 0.253 e. The standard InChI is InChI=1S/C15H21ClN2O2/c1-17-13-4-3-11(16)9-12(13)14(19)18-10-15(5-6-15)7-8-20-2/h3-4,9,17H,5-8,10H2,1-2H3,(H,18,19). The normalized spacial score (nSPS) is 15.8. The number of benzene rings is 1. The van der Waals surface area contributed by atoms with Gasteiger partial charge in [0.25, 0.3) is 5.91 Å². The molecule has 1 aliphatic rings. The van der Waals surface area contributed by atoms with Crippen LogP contribution in [0.3, 0.4) is 0 Å². The lowest BCUT2D eigenvalue weighted by Gasteiger charge is -2.16. The van der Waals surface area contributed by atoms with Crippen LogP contribution >= 0.6 is 11.6 Å². The predicted molar refractivity (Wildman–Crippen MR) is 81.5 cm³/mol. The minimum absolute atomic E-state index is 0.0828. The lowest BCUT2D eigenvalue weighted by Crippen LogP contribution is -2.31. The average molecular weight is 297 g/mol. The molecule has 0 heterocycles. The fourth-order valence-corrected chi connectivity index (χ4v) is 2.47. The molecule has 0 bridgehead atoms. The molecule has 0 atom stereocenters. The molecule has 4 nitrogen and oxygen atoms in total. The lowest BCUT2D eigenvalue weighted by molar-refractivity contribution is 0.0938. The summed E-state index contributed by atoms with van der Waals surface area (Å²) in [6.07, 6.45) is 3.31. The number of hydrogen-bond donors (Lipinski definition) is 2. The molecule has 110 valence electrons. The van der Waals surface area contributed by atoms with Gasteiger partial charge in [0.05, 0.1) is 5.56 Å². The molecule has 5 heteroatoms. The molecule has 1 fully saturated rings. The van der Waals surface area contributed by atoms with E-state index in [1.807, 2.05) is 6.07 Å². The van der Waals surface area contributed by atoms with Crippen molar-refractivity contribution in [3.05, 3.63) is 28.8 Å². The third-order valence-corrected chi connectivity index (χ3v) is 4.15. The SMILES string of the molecule is CNc1ccc(Cl)cc1C(=O)NCC1(CCOC)CC1. The van der Waals surface area contributed by atoms with E-state index in [0.717, 1.165) is 31.6 Å². The van der Waals surface area contributed by atoms with E-state index in [1.165, 1.54) is 0 Å². The summed E-state index contributed by atoms with van der Waals surface area (Å²) in [5.41, 5.74) is 1.61. The Balaban J connectivity index is 1.97. The highest BCUT2D eigenvalue weighted by atomic mass is 35.5. The van der Waals surface area contributed by atoms with Gasteiger partial charge in [-0.2, -0.15) is 0 Å². The van der Waals surface area contributed by atoms with Gasteiger partial charge in [-0.1, -0.05) is 11.6 Å². The number of ether oxygens (including phenoxy) is 1. The summed E-state index contributed by atoms with van der Waals surface area (Å²) in [7, 11) is 3.50. The van der Waals surface area contributed by atoms with Crippen molar-refractivity contribution >= 4 is 23.2 Å². The van der Waals surface area contributed by atoms with Gasteiger partial charge in [-0.15, -0.1) is 0 Å². The second-order valence-electron chi connectivity index (χ2n) is 5.37. The summed E-state index contributed by atoms with van der Waals surface area (Å²) in [6.45, 7) is 1.44. The number of amides is 1. The van der Waals surface area contributed by atoms with E-state index in [4.69, 9.17) is 16.3 Å². The van der Waals surface area contributed by atoms with Crippen LogP contribution in [0.4, 0.5) is 5.69 Å². The molecule has 0 aromatic heterocycles. The van der Waals surface area contributed by atoms with Gasteiger partial charge >= 0.3 is 0 Å². The van der Waals surface area contributed by atoms with Gasteiger partial charge in [0.1, 0.15) is 0 Å². The Morgan fingerprint density at radius 3 is 2.80 bits per heavy atom. The van der Waals surface area contributed by atoms with Crippen molar-refractivity contribution in [2.75, 3.05) is 32.6 Å². The molecule has 1 aromatic rings. The first-order valence-electron chi connectivity index (χ1n) is 6.85. The summed E-state index contributed by atoms with van der Waals surface area (Å²) < 4.78 is 5.12. The largest absolute Gasteiger partial charge is 0.387 e. The third kappa shape index (κ3) is 3.64. The quantitative estimate of drug-likeness (QED) is 0.813. The smallest absolute Gasteiger partial charge is 0.253 e. The first-order valence-corrected chi connectivity index (χ1v) is 7.22. The predicted octanol–water partition coefficient (Wildman–Crippen LogP) is 2.93. The third-order valence-electron chi connectivity index (χ3n) is 3.91. The van der Waals surface area contributed by atoms with Crippen LogP contribution in [0.2, 0.25) is 5.02 Å². The maximum absolute atomic E-state index is 12.3. The van der Waals surface area contributed by atoms with Gasteiger partial charge in [0, 0.05) is 38.0 Å². The van der Waals surface area contributed by atoms with Gasteiger partial charge in [-0.05, 0) is 42.9 Å². The fraction of sp³-hybridized carbons (Fsp3) is 0.533. The molecule has 1 aliphatic carbocycles. The van der Waals surface area contributed by atoms with Crippen molar-refractivity contribution in [2.45, 2.75) is 19.3 Å². The Morgan fingerprint density at radius 2 is 2.20 bits per heavy atom. The molecule has 1 aromatic carbocycles. The number of halogens is 1. The van der Waals surface area contributed by atoms with Crippen molar-refractivity contribution in [1.29, 1.82) is 0 Å². The summed E-state index contributed by atoms with van der Waals surface area (Å²) >= 11 is 5.96. The van der Waals surface area contributed by atoms with Crippen LogP contribution in [0.15, 0.2) is 18.2 Å². The van der Waals surface area contributed by atoms with E-state index in [-0.39, 0.29) is 11.3 Å². The van der Waals surface area contributed by atoms with Crippen LogP contribution in [0, 0.1) is 5.41 Å². The highest BCUT2D eigenvalue weighted by Gasteiger charge is 2.42. The Hall–Kier alpha value is -1.26. The zero-order valence-electron chi connectivity index (χ0n) is 12.0. The van der Waals surface area contributed by atoms with Gasteiger partial charge in [0.2, 0.25) is 0 Å². The molecule has 1 saturated carbocycles. The number of hydrogen-bond acceptors (Lipinski definition) is 3. The van der Waals surface area contributed by atoms with Crippen molar-refractivity contribution in [3.63, 3.8) is 0 Å². The van der Waals surface area contributed by atoms with Crippen LogP contribution < -0.4 is 10.6 Å². The van der Waals surface area contributed by atoms with Crippen molar-refractivity contribution in [1.82, 2.24) is 5.32 Å². The molecule has 1 amide bonds. The zero-order chi connectivity index (χ0) is 14.6. The zero-order valence-corrected chi connectivity index (χ0v) is 12.7. The molecular formula is C15H21ClN2O2. The van der Waals surface area contributed by atoms with E-state index in [2.05, 4.69) is 10.6 Å². The number of rotatable bonds is 7. The molecule has 2 N–H and O–H groups in total. The molecule has 2 rings (SSSR count). The topological polar surface area (TPSA) is 50.4 Å². The van der Waals surface area contributed by atoms with Gasteiger partial charge in [-0.25, -0.2) is 0 Å². The van der Waals surface area contributed by atoms with Crippen LogP contribution in [-0.4, -0.2) is 33.2 Å². The van der Waals surface area contributed by atoms with Gasteiger partial charge in [-0.3, -0.25) is 4.79 Å². The number of anilines is 1. The Morgan fingerprint density at radius 1 is 1.45 bits per heavy atom. The highest BCUT2D eigenvalue weighted by molar-refractivity contribution is 6.31. The molecule has 0 saturated heterocycles. The minimum Gasteiger partial charge on any atom is -0.387 e. The van der Waals surface area contributed by atoms with E-state index in [1.54, 1.807) is 26.3 Å². The highest BCUT2D eigenvalue weighted by Crippen LogP contribution is 2.48. The first-order chi connectivity index (χ1) is 9.60. The monoisotopic (exact) mass is 296 g/mol. The van der Waals surface area contributed by atoms with Crippen LogP contribution in [-0.2, 0) is 4.74 Å². The second-order valence-corrected chi connectivity index (χ2v) is 5.80. The lowest BCUT2D eigenvalue weighted by atomic mass is 10.0. The number of carbonyl (C=O) groups is 1. The molecule has 0 unspecified atom stereocenters. The summed E-state index contributed by atoms with van der Waals surface area (Å²) in [4.78, 5) is 12.3. The summed E-state index contributed by atoms with van der Waals surface area (Å²) in [5.74, 6) is -0.0828. The van der Waals surface area contributed by atoms with E-state index in [0.29, 0.717) is 17.1 Å². The number of carbonyl (C=O) groups excluding carboxylic acids is 1. The molecular weight excluding hydrogens is 276 g/mol. The molecule has 0 radical (unpaired) electrons. The van der Waals surface area contributed by atoms with Gasteiger partial charge in [0.15, 0.2) is 0 Å². The number of nitrogens with one attached hydrogen (secondary N) is 2. The molecule has 20 heavy (non-hydrogen) atoms. The Labute approximate surface area is 124 Å². The molecule has 0 aliphatic heterocycles. The van der Waals surface area contributed by atoms with Crippen LogP contribution in [0.5, 0.6) is 0 Å². The average Bonchev–Trinajstić information content (AvgIpc) is 3.23. The van der Waals surface area contributed by atoms with Crippen molar-refractivity contribution in [3.8, 4) is 0 Å². The Kier molecular flexibility index (Phi) is 4.89. The second kappa shape index (κ2) is 6.46. The maximum atomic E-state index is 12.3. The fourth-order valence-electron chi connectivity index (χ4n) is 2.30. The van der Waals surface area contributed by atoms with E-state index >= 15 is 0 Å². The Bertz CT molecular complexity index is 487. The van der Waals surface area contributed by atoms with E-state index in [9.17, 15) is 4.79 Å². The van der Waals surface area contributed by atoms with Crippen LogP contribution in [0.25, 0.3) is 0 Å². The van der Waals surface area contributed by atoms with E-state index < -0.39 is 0 Å². The molecule has 0 spiro atoms. The first kappa shape index (κ1) is 15.1. The minimum atomic E-state index is -0.0828. The van der Waals surface area contributed by atoms with Crippen LogP contribution in [0.1, 0.15) is 29.6 Å². The number of methoxy groups -OCH3 is 1. The summed E-state index contributed by atoms with van der Waals surface area (Å²) in [6, 6.07) is 5.28. The van der Waals surface area contributed by atoms with Crippen molar-refractivity contribution in [2.24, 2.45) is 5.41 Å².